The van der Waals surface area contributed by atoms with Gasteiger partial charge in [-0.05, 0) is 12.8 Å². The molecule has 1 radical (unpaired) electrons. The Morgan fingerprint density at radius 2 is 1.90 bits per heavy atom. The fourth-order valence-electron chi connectivity index (χ4n) is 0.778. The van der Waals surface area contributed by atoms with Gasteiger partial charge in [-0.2, -0.15) is 0 Å². The molecule has 0 aromatic heterocycles. The zero-order chi connectivity index (χ0) is 7.82. The minimum atomic E-state index is 0.000313. The van der Waals surface area contributed by atoms with Crippen LogP contribution in [0.15, 0.2) is 0 Å². The summed E-state index contributed by atoms with van der Waals surface area (Å²) in [5.74, 6) is 0.311. The van der Waals surface area contributed by atoms with Crippen LogP contribution >= 0.6 is 0 Å². The van der Waals surface area contributed by atoms with Crippen LogP contribution in [-0.4, -0.2) is 12.4 Å². The van der Waals surface area contributed by atoms with Gasteiger partial charge in [0.15, 0.2) is 0 Å². The quantitative estimate of drug-likeness (QED) is 0.523. The monoisotopic (exact) mass is 143 g/mol. The van der Waals surface area contributed by atoms with Crippen LogP contribution in [0, 0.1) is 0 Å². The van der Waals surface area contributed by atoms with Crippen LogP contribution in [0.3, 0.4) is 0 Å². The van der Waals surface area contributed by atoms with Gasteiger partial charge in [-0.3, -0.25) is 4.79 Å². The molecule has 59 valence electrons. The summed E-state index contributed by atoms with van der Waals surface area (Å²) in [7, 11) is 0. The third kappa shape index (κ3) is 5.76. The molecule has 0 amide bonds. The van der Waals surface area contributed by atoms with Gasteiger partial charge in [-0.25, -0.2) is 5.11 Å². The summed E-state index contributed by atoms with van der Waals surface area (Å²) in [6.07, 6.45) is 3.83. The van der Waals surface area contributed by atoms with Crippen molar-refractivity contribution in [3.63, 3.8) is 0 Å². The molecule has 2 nitrogen and oxygen atoms in total. The highest BCUT2D eigenvalue weighted by molar-refractivity contribution is 5.77. The van der Waals surface area contributed by atoms with E-state index in [-0.39, 0.29) is 6.61 Å². The summed E-state index contributed by atoms with van der Waals surface area (Å²) in [4.78, 5) is 10.7. The van der Waals surface area contributed by atoms with E-state index in [1.54, 1.807) is 0 Å². The average molecular weight is 143 g/mol. The summed E-state index contributed by atoms with van der Waals surface area (Å²) in [5, 5.41) is 9.96. The Balaban J connectivity index is 2.96. The van der Waals surface area contributed by atoms with E-state index in [9.17, 15) is 9.90 Å². The Morgan fingerprint density at radius 3 is 2.40 bits per heavy atom. The summed E-state index contributed by atoms with van der Waals surface area (Å²) >= 11 is 0. The van der Waals surface area contributed by atoms with Gasteiger partial charge in [0.2, 0.25) is 0 Å². The summed E-state index contributed by atoms with van der Waals surface area (Å²) in [6.45, 7) is 1.87. The molecule has 0 atom stereocenters. The molecule has 0 aromatic carbocycles. The first-order valence-corrected chi connectivity index (χ1v) is 3.91. The predicted molar refractivity (Wildman–Crippen MR) is 39.3 cm³/mol. The first-order valence-electron chi connectivity index (χ1n) is 3.91. The molecule has 0 fully saturated rings. The van der Waals surface area contributed by atoms with Crippen molar-refractivity contribution in [1.82, 2.24) is 0 Å². The number of ketones is 1. The normalized spacial score (nSPS) is 9.80. The van der Waals surface area contributed by atoms with Gasteiger partial charge in [-0.15, -0.1) is 0 Å². The van der Waals surface area contributed by atoms with Crippen LogP contribution in [0.5, 0.6) is 0 Å². The van der Waals surface area contributed by atoms with Crippen LogP contribution in [0.2, 0.25) is 0 Å². The highest BCUT2D eigenvalue weighted by atomic mass is 16.2. The zero-order valence-corrected chi connectivity index (χ0v) is 6.56. The Labute approximate surface area is 62.2 Å². The number of carbonyl (C=O) groups excluding carboxylic acids is 1. The SMILES string of the molecule is CCC(=O)CCCCC[O]. The number of unbranched alkanes of at least 4 members (excludes halogenated alkanes) is 2. The second-order valence-electron chi connectivity index (χ2n) is 2.41. The van der Waals surface area contributed by atoms with Gasteiger partial charge < -0.3 is 0 Å². The van der Waals surface area contributed by atoms with Crippen molar-refractivity contribution in [3.8, 4) is 0 Å². The molecule has 0 aliphatic rings. The molecule has 0 N–H and O–H groups in total. The number of hydrogen-bond acceptors (Lipinski definition) is 1. The second-order valence-corrected chi connectivity index (χ2v) is 2.41. The van der Waals surface area contributed by atoms with Crippen LogP contribution in [0.4, 0.5) is 0 Å². The first kappa shape index (κ1) is 9.63. The fourth-order valence-corrected chi connectivity index (χ4v) is 0.778. The Hall–Kier alpha value is -0.370. The van der Waals surface area contributed by atoms with Crippen molar-refractivity contribution in [2.75, 3.05) is 6.61 Å². The van der Waals surface area contributed by atoms with Crippen LogP contribution < -0.4 is 0 Å². The second kappa shape index (κ2) is 6.75. The van der Waals surface area contributed by atoms with E-state index < -0.39 is 0 Å². The average Bonchev–Trinajstić information content (AvgIpc) is 1.98. The van der Waals surface area contributed by atoms with Crippen molar-refractivity contribution in [2.24, 2.45) is 0 Å². The Bertz CT molecular complexity index is 89.3. The third-order valence-corrected chi connectivity index (χ3v) is 1.49. The molecule has 0 saturated heterocycles. The molecule has 0 aromatic rings. The Kier molecular flexibility index (Phi) is 6.50. The molecule has 10 heavy (non-hydrogen) atoms. The van der Waals surface area contributed by atoms with Crippen molar-refractivity contribution >= 4 is 5.78 Å². The molecule has 0 aliphatic heterocycles. The van der Waals surface area contributed by atoms with E-state index in [4.69, 9.17) is 0 Å². The topological polar surface area (TPSA) is 37.0 Å². The van der Waals surface area contributed by atoms with E-state index >= 15 is 0 Å². The van der Waals surface area contributed by atoms with E-state index in [0.717, 1.165) is 19.3 Å². The zero-order valence-electron chi connectivity index (χ0n) is 6.56. The third-order valence-electron chi connectivity index (χ3n) is 1.49. The molecule has 0 unspecified atom stereocenters. The molecule has 0 aliphatic carbocycles. The predicted octanol–water partition coefficient (Wildman–Crippen LogP) is 1.96. The highest BCUT2D eigenvalue weighted by Gasteiger charge is 1.96. The summed E-state index contributed by atoms with van der Waals surface area (Å²) < 4.78 is 0. The molecule has 0 rings (SSSR count). The standard InChI is InChI=1S/C8H15O2/c1-2-8(10)6-4-3-5-7-9/h2-7H2,1H3. The fraction of sp³-hybridized carbons (Fsp3) is 0.875. The van der Waals surface area contributed by atoms with Gasteiger partial charge >= 0.3 is 0 Å². The highest BCUT2D eigenvalue weighted by Crippen LogP contribution is 2.01. The lowest BCUT2D eigenvalue weighted by atomic mass is 10.1. The van der Waals surface area contributed by atoms with Crippen LogP contribution in [-0.2, 0) is 9.90 Å². The number of hydrogen-bond donors (Lipinski definition) is 0. The molecule has 0 saturated carbocycles. The van der Waals surface area contributed by atoms with E-state index in [0.29, 0.717) is 18.6 Å². The first-order chi connectivity index (χ1) is 4.81. The van der Waals surface area contributed by atoms with Crippen LogP contribution in [0.25, 0.3) is 0 Å². The lowest BCUT2D eigenvalue weighted by Crippen LogP contribution is -1.94. The maximum absolute atomic E-state index is 10.7. The molecular formula is C8H15O2. The molecule has 0 heterocycles. The molecule has 0 spiro atoms. The van der Waals surface area contributed by atoms with Crippen molar-refractivity contribution < 1.29 is 9.90 Å². The number of carbonyl (C=O) groups is 1. The van der Waals surface area contributed by atoms with Crippen molar-refractivity contribution in [1.29, 1.82) is 0 Å². The lowest BCUT2D eigenvalue weighted by molar-refractivity contribution is -0.118. The van der Waals surface area contributed by atoms with Gasteiger partial charge in [0, 0.05) is 12.8 Å². The number of rotatable bonds is 6. The van der Waals surface area contributed by atoms with E-state index in [2.05, 4.69) is 0 Å². The molecular weight excluding hydrogens is 128 g/mol. The van der Waals surface area contributed by atoms with Gasteiger partial charge in [0.1, 0.15) is 5.78 Å². The minimum Gasteiger partial charge on any atom is -0.300 e. The van der Waals surface area contributed by atoms with Crippen molar-refractivity contribution in [2.45, 2.75) is 39.0 Å². The minimum absolute atomic E-state index is 0.000313. The Morgan fingerprint density at radius 1 is 1.20 bits per heavy atom. The number of Topliss-reactive ketones (excluding diaryl/α,β-unsaturated/α-hetero) is 1. The van der Waals surface area contributed by atoms with E-state index in [1.807, 2.05) is 6.92 Å². The smallest absolute Gasteiger partial charge is 0.132 e. The van der Waals surface area contributed by atoms with Gasteiger partial charge in [-0.1, -0.05) is 13.3 Å². The van der Waals surface area contributed by atoms with Crippen LogP contribution in [0.1, 0.15) is 39.0 Å². The summed E-state index contributed by atoms with van der Waals surface area (Å²) in [5.41, 5.74) is 0. The van der Waals surface area contributed by atoms with Crippen molar-refractivity contribution in [3.05, 3.63) is 0 Å². The largest absolute Gasteiger partial charge is 0.300 e. The van der Waals surface area contributed by atoms with E-state index in [1.165, 1.54) is 0 Å². The lowest BCUT2D eigenvalue weighted by Gasteiger charge is -1.95. The maximum Gasteiger partial charge on any atom is 0.132 e. The van der Waals surface area contributed by atoms with Gasteiger partial charge in [0.25, 0.3) is 0 Å². The molecule has 2 heteroatoms. The maximum atomic E-state index is 10.7. The molecule has 0 bridgehead atoms. The van der Waals surface area contributed by atoms with Gasteiger partial charge in [0.05, 0.1) is 6.61 Å². The summed E-state index contributed by atoms with van der Waals surface area (Å²) in [6, 6.07) is 0.